The quantitative estimate of drug-likeness (QED) is 0.0900. The van der Waals surface area contributed by atoms with E-state index in [9.17, 15) is 0 Å². The molecule has 29 heavy (non-hydrogen) atoms. The highest BCUT2D eigenvalue weighted by atomic mass is 127. The Kier molecular flexibility index (Phi) is 22.8. The van der Waals surface area contributed by atoms with E-state index in [2.05, 4.69) is 21.0 Å². The van der Waals surface area contributed by atoms with Crippen LogP contribution in [0.2, 0.25) is 6.04 Å². The lowest BCUT2D eigenvalue weighted by Crippen LogP contribution is -3.00. The van der Waals surface area contributed by atoms with Crippen molar-refractivity contribution in [2.75, 3.05) is 27.2 Å². The van der Waals surface area contributed by atoms with Crippen LogP contribution in [0.4, 0.5) is 0 Å². The number of halogens is 1. The van der Waals surface area contributed by atoms with Crippen LogP contribution in [-0.2, 0) is 0 Å². The third-order valence-corrected chi connectivity index (χ3v) is 6.92. The molecule has 0 fully saturated rings. The Morgan fingerprint density at radius 3 is 1.17 bits per heavy atom. The van der Waals surface area contributed by atoms with Crippen molar-refractivity contribution in [3.63, 3.8) is 0 Å². The van der Waals surface area contributed by atoms with Crippen molar-refractivity contribution in [3.05, 3.63) is 0 Å². The van der Waals surface area contributed by atoms with Gasteiger partial charge in [-0.05, 0) is 12.8 Å². The molecule has 0 aliphatic heterocycles. The number of hydrogen-bond donors (Lipinski definition) is 3. The Bertz CT molecular complexity index is 339. The van der Waals surface area contributed by atoms with Crippen molar-refractivity contribution in [2.24, 2.45) is 0 Å². The van der Waals surface area contributed by atoms with Crippen LogP contribution in [0.1, 0.15) is 116 Å². The van der Waals surface area contributed by atoms with E-state index >= 15 is 0 Å². The summed E-state index contributed by atoms with van der Waals surface area (Å²) in [4.78, 5) is 27.2. The van der Waals surface area contributed by atoms with Gasteiger partial charge in [0.2, 0.25) is 0 Å². The second-order valence-electron chi connectivity index (χ2n) is 9.56. The summed E-state index contributed by atoms with van der Waals surface area (Å²) in [5.41, 5.74) is 0. The fourth-order valence-corrected chi connectivity index (χ4v) is 4.58. The van der Waals surface area contributed by atoms with Crippen LogP contribution < -0.4 is 24.0 Å². The van der Waals surface area contributed by atoms with Crippen molar-refractivity contribution < 1.29 is 42.8 Å². The van der Waals surface area contributed by atoms with E-state index < -0.39 is 8.80 Å². The molecule has 0 radical (unpaired) electrons. The maximum Gasteiger partial charge on any atom is 0.492 e. The number of rotatable bonds is 21. The van der Waals surface area contributed by atoms with Crippen LogP contribution in [-0.4, -0.2) is 54.9 Å². The second-order valence-corrected chi connectivity index (χ2v) is 11.6. The molecule has 0 rings (SSSR count). The first kappa shape index (κ1) is 32.0. The van der Waals surface area contributed by atoms with E-state index in [0.717, 1.165) is 17.6 Å². The third kappa shape index (κ3) is 26.8. The molecule has 0 aliphatic carbocycles. The summed E-state index contributed by atoms with van der Waals surface area (Å²) < 4.78 is 0.906. The smallest absolute Gasteiger partial charge is 0.492 e. The Hall–Kier alpha value is 0.787. The van der Waals surface area contributed by atoms with Crippen LogP contribution in [0.3, 0.4) is 0 Å². The van der Waals surface area contributed by atoms with E-state index in [1.54, 1.807) is 0 Å². The minimum absolute atomic E-state index is 0. The molecule has 0 bridgehead atoms. The molecule has 0 amide bonds. The lowest BCUT2D eigenvalue weighted by atomic mass is 10.0. The van der Waals surface area contributed by atoms with Gasteiger partial charge in [0.15, 0.2) is 0 Å². The molecule has 0 aromatic rings. The minimum atomic E-state index is -3.84. The van der Waals surface area contributed by atoms with Gasteiger partial charge in [-0.3, -0.25) is 0 Å². The van der Waals surface area contributed by atoms with Crippen molar-refractivity contribution in [1.82, 2.24) is 0 Å². The van der Waals surface area contributed by atoms with Gasteiger partial charge >= 0.3 is 8.80 Å². The molecular weight excluding hydrogens is 493 g/mol. The monoisotopic (exact) mass is 545 g/mol. The molecule has 0 spiro atoms. The molecule has 0 aromatic heterocycles. The van der Waals surface area contributed by atoms with Gasteiger partial charge in [0.1, 0.15) is 0 Å². The Morgan fingerprint density at radius 2 is 0.828 bits per heavy atom. The van der Waals surface area contributed by atoms with Gasteiger partial charge in [0.25, 0.3) is 0 Å². The van der Waals surface area contributed by atoms with Crippen LogP contribution in [0, 0.1) is 0 Å². The fraction of sp³-hybridized carbons (Fsp3) is 1.00. The maximum absolute atomic E-state index is 9.08. The molecule has 0 aromatic carbocycles. The predicted molar refractivity (Wildman–Crippen MR) is 123 cm³/mol. The van der Waals surface area contributed by atoms with Gasteiger partial charge in [-0.1, -0.05) is 96.8 Å². The minimum Gasteiger partial charge on any atom is -1.00 e. The highest BCUT2D eigenvalue weighted by molar-refractivity contribution is 6.56. The summed E-state index contributed by atoms with van der Waals surface area (Å²) in [6.07, 6.45) is 23.0. The van der Waals surface area contributed by atoms with Crippen molar-refractivity contribution in [1.29, 1.82) is 0 Å². The Balaban J connectivity index is 0. The van der Waals surface area contributed by atoms with Crippen LogP contribution in [0.15, 0.2) is 0 Å². The van der Waals surface area contributed by atoms with Crippen LogP contribution >= 0.6 is 0 Å². The standard InChI is InChI=1S/C23H52NO3Si.HI/c1-4-5-6-7-8-9-10-11-12-13-14-15-16-17-18-19-21-24(2,3)22-20-23-28(25,26)27;/h25-27H,4-23H2,1-3H3;1H/q+1;/p-1. The van der Waals surface area contributed by atoms with E-state index in [-0.39, 0.29) is 30.0 Å². The molecule has 4 nitrogen and oxygen atoms in total. The number of hydrogen-bond acceptors (Lipinski definition) is 3. The average molecular weight is 546 g/mol. The third-order valence-electron chi connectivity index (χ3n) is 5.89. The second kappa shape index (κ2) is 20.7. The number of quaternary nitrogens is 1. The topological polar surface area (TPSA) is 60.7 Å². The highest BCUT2D eigenvalue weighted by Crippen LogP contribution is 2.14. The SMILES string of the molecule is CCCCCCCCCCCCCCCCCC[N+](C)(C)CCC[Si](O)(O)O.[I-]. The van der Waals surface area contributed by atoms with Crippen LogP contribution in [0.5, 0.6) is 0 Å². The predicted octanol–water partition coefficient (Wildman–Crippen LogP) is 2.63. The van der Waals surface area contributed by atoms with E-state index in [1.807, 2.05) is 0 Å². The van der Waals surface area contributed by atoms with Gasteiger partial charge < -0.3 is 42.8 Å². The van der Waals surface area contributed by atoms with E-state index in [4.69, 9.17) is 14.4 Å². The molecule has 6 heteroatoms. The molecule has 0 aliphatic rings. The molecule has 0 unspecified atom stereocenters. The van der Waals surface area contributed by atoms with Gasteiger partial charge in [-0.15, -0.1) is 0 Å². The lowest BCUT2D eigenvalue weighted by molar-refractivity contribution is -0.890. The molecule has 0 heterocycles. The highest BCUT2D eigenvalue weighted by Gasteiger charge is 2.27. The lowest BCUT2D eigenvalue weighted by Gasteiger charge is -2.30. The molecule has 0 saturated carbocycles. The summed E-state index contributed by atoms with van der Waals surface area (Å²) in [7, 11) is 0.547. The van der Waals surface area contributed by atoms with Gasteiger partial charge in [0, 0.05) is 12.5 Å². The fourth-order valence-electron chi connectivity index (χ4n) is 3.94. The number of nitrogens with zero attached hydrogens (tertiary/aromatic N) is 1. The zero-order valence-electron chi connectivity index (χ0n) is 19.8. The Morgan fingerprint density at radius 1 is 0.517 bits per heavy atom. The molecular formula is C23H52INO3Si. The zero-order valence-corrected chi connectivity index (χ0v) is 23.0. The summed E-state index contributed by atoms with van der Waals surface area (Å²) in [6, 6.07) is 0.160. The average Bonchev–Trinajstić information content (AvgIpc) is 2.60. The van der Waals surface area contributed by atoms with Crippen molar-refractivity contribution in [3.8, 4) is 0 Å². The summed E-state index contributed by atoms with van der Waals surface area (Å²) >= 11 is 0. The summed E-state index contributed by atoms with van der Waals surface area (Å²) in [5.74, 6) is 0. The summed E-state index contributed by atoms with van der Waals surface area (Å²) in [5, 5.41) is 0. The van der Waals surface area contributed by atoms with E-state index in [0.29, 0.717) is 6.42 Å². The largest absolute Gasteiger partial charge is 1.00 e. The first-order valence-electron chi connectivity index (χ1n) is 12.3. The molecule has 178 valence electrons. The number of unbranched alkanes of at least 4 members (excludes halogenated alkanes) is 15. The normalized spacial score (nSPS) is 12.2. The molecule has 3 N–H and O–H groups in total. The van der Waals surface area contributed by atoms with Crippen molar-refractivity contribution in [2.45, 2.75) is 122 Å². The molecule has 0 saturated heterocycles. The van der Waals surface area contributed by atoms with Gasteiger partial charge in [-0.2, -0.15) is 0 Å². The van der Waals surface area contributed by atoms with E-state index in [1.165, 1.54) is 103 Å². The van der Waals surface area contributed by atoms with Crippen molar-refractivity contribution >= 4 is 8.80 Å². The molecule has 0 atom stereocenters. The first-order chi connectivity index (χ1) is 13.3. The summed E-state index contributed by atoms with van der Waals surface area (Å²) in [6.45, 7) is 4.31. The van der Waals surface area contributed by atoms with Gasteiger partial charge in [0.05, 0.1) is 27.2 Å². The Labute approximate surface area is 200 Å². The van der Waals surface area contributed by atoms with Gasteiger partial charge in [-0.25, -0.2) is 0 Å². The first-order valence-corrected chi connectivity index (χ1v) is 14.3. The maximum atomic E-state index is 9.08. The zero-order chi connectivity index (χ0) is 21.1. The van der Waals surface area contributed by atoms with Crippen LogP contribution in [0.25, 0.3) is 0 Å².